The SMILES string of the molecule is CCC1(CC)CC(=O)C1(CC)CC. The topological polar surface area (TPSA) is 17.1 Å². The van der Waals surface area contributed by atoms with Crippen molar-refractivity contribution < 1.29 is 4.79 Å². The molecule has 0 amide bonds. The van der Waals surface area contributed by atoms with Crippen LogP contribution in [0.25, 0.3) is 0 Å². The van der Waals surface area contributed by atoms with Gasteiger partial charge in [0.2, 0.25) is 0 Å². The van der Waals surface area contributed by atoms with Gasteiger partial charge in [-0.15, -0.1) is 0 Å². The number of carbonyl (C=O) groups is 1. The molecule has 0 saturated heterocycles. The molecule has 0 heterocycles. The largest absolute Gasteiger partial charge is 0.299 e. The van der Waals surface area contributed by atoms with Gasteiger partial charge in [0.1, 0.15) is 5.78 Å². The van der Waals surface area contributed by atoms with Gasteiger partial charge in [0.05, 0.1) is 0 Å². The first-order valence-electron chi connectivity index (χ1n) is 5.65. The predicted molar refractivity (Wildman–Crippen MR) is 55.7 cm³/mol. The standard InChI is InChI=1S/C12H22O/c1-5-11(6-2)9-10(13)12(11,7-3)8-4/h5-9H2,1-4H3. The fraction of sp³-hybridized carbons (Fsp3) is 0.917. The molecule has 0 aromatic carbocycles. The Bertz CT molecular complexity index is 197. The number of Topliss-reactive ketones (excluding diaryl/α,β-unsaturated/α-hetero) is 1. The second-order valence-corrected chi connectivity index (χ2v) is 4.38. The zero-order chi connectivity index (χ0) is 10.1. The van der Waals surface area contributed by atoms with Gasteiger partial charge < -0.3 is 0 Å². The zero-order valence-corrected chi connectivity index (χ0v) is 9.44. The third-order valence-corrected chi connectivity index (χ3v) is 4.61. The maximum atomic E-state index is 11.7. The Hall–Kier alpha value is -0.330. The van der Waals surface area contributed by atoms with Crippen LogP contribution in [-0.2, 0) is 4.79 Å². The molecule has 1 aliphatic carbocycles. The van der Waals surface area contributed by atoms with Gasteiger partial charge in [-0.25, -0.2) is 0 Å². The van der Waals surface area contributed by atoms with Gasteiger partial charge in [-0.2, -0.15) is 0 Å². The molecule has 1 fully saturated rings. The Labute approximate surface area is 81.9 Å². The molecular weight excluding hydrogens is 160 g/mol. The van der Waals surface area contributed by atoms with Gasteiger partial charge >= 0.3 is 0 Å². The lowest BCUT2D eigenvalue weighted by Gasteiger charge is -2.57. The highest BCUT2D eigenvalue weighted by Gasteiger charge is 2.60. The van der Waals surface area contributed by atoms with Crippen LogP contribution in [0.2, 0.25) is 0 Å². The van der Waals surface area contributed by atoms with Crippen LogP contribution in [0.15, 0.2) is 0 Å². The number of carbonyl (C=O) groups excluding carboxylic acids is 1. The molecule has 0 radical (unpaired) electrons. The van der Waals surface area contributed by atoms with E-state index in [0.29, 0.717) is 11.2 Å². The predicted octanol–water partition coefficient (Wildman–Crippen LogP) is 3.57. The van der Waals surface area contributed by atoms with E-state index >= 15 is 0 Å². The fourth-order valence-corrected chi connectivity index (χ4v) is 3.41. The minimum absolute atomic E-state index is 0.0382. The first kappa shape index (κ1) is 10.7. The van der Waals surface area contributed by atoms with Crippen LogP contribution in [0.5, 0.6) is 0 Å². The van der Waals surface area contributed by atoms with Crippen molar-refractivity contribution in [2.75, 3.05) is 0 Å². The third kappa shape index (κ3) is 1.09. The second kappa shape index (κ2) is 3.43. The van der Waals surface area contributed by atoms with Crippen LogP contribution in [0.3, 0.4) is 0 Å². The molecule has 0 N–H and O–H groups in total. The van der Waals surface area contributed by atoms with Crippen molar-refractivity contribution in [1.29, 1.82) is 0 Å². The smallest absolute Gasteiger partial charge is 0.140 e. The Morgan fingerprint density at radius 1 is 1.00 bits per heavy atom. The van der Waals surface area contributed by atoms with Crippen LogP contribution in [-0.4, -0.2) is 5.78 Å². The Balaban J connectivity index is 2.96. The van der Waals surface area contributed by atoms with Crippen LogP contribution in [0.4, 0.5) is 0 Å². The second-order valence-electron chi connectivity index (χ2n) is 4.38. The monoisotopic (exact) mass is 182 g/mol. The van der Waals surface area contributed by atoms with E-state index < -0.39 is 0 Å². The molecule has 1 rings (SSSR count). The molecule has 76 valence electrons. The summed E-state index contributed by atoms with van der Waals surface area (Å²) < 4.78 is 0. The summed E-state index contributed by atoms with van der Waals surface area (Å²) in [7, 11) is 0. The van der Waals surface area contributed by atoms with E-state index in [4.69, 9.17) is 0 Å². The highest BCUT2D eigenvalue weighted by atomic mass is 16.1. The molecule has 1 saturated carbocycles. The van der Waals surface area contributed by atoms with Gasteiger partial charge in [-0.1, -0.05) is 27.7 Å². The van der Waals surface area contributed by atoms with Crippen molar-refractivity contribution in [3.05, 3.63) is 0 Å². The van der Waals surface area contributed by atoms with Gasteiger partial charge in [0.15, 0.2) is 0 Å². The molecule has 1 aliphatic rings. The lowest BCUT2D eigenvalue weighted by molar-refractivity contribution is -0.164. The van der Waals surface area contributed by atoms with Crippen LogP contribution >= 0.6 is 0 Å². The summed E-state index contributed by atoms with van der Waals surface area (Å²) in [5.74, 6) is 0.515. The van der Waals surface area contributed by atoms with Crippen molar-refractivity contribution >= 4 is 5.78 Å². The summed E-state index contributed by atoms with van der Waals surface area (Å²) in [4.78, 5) is 11.7. The number of rotatable bonds is 4. The summed E-state index contributed by atoms with van der Waals surface area (Å²) >= 11 is 0. The minimum Gasteiger partial charge on any atom is -0.299 e. The zero-order valence-electron chi connectivity index (χ0n) is 9.44. The summed E-state index contributed by atoms with van der Waals surface area (Å²) in [6.45, 7) is 8.80. The third-order valence-electron chi connectivity index (χ3n) is 4.61. The minimum atomic E-state index is 0.0382. The molecular formula is C12H22O. The maximum Gasteiger partial charge on any atom is 0.140 e. The molecule has 0 aromatic rings. The first-order valence-corrected chi connectivity index (χ1v) is 5.65. The van der Waals surface area contributed by atoms with Gasteiger partial charge in [0.25, 0.3) is 0 Å². The average Bonchev–Trinajstić information content (AvgIpc) is 2.16. The summed E-state index contributed by atoms with van der Waals surface area (Å²) in [5.41, 5.74) is 0.379. The molecule has 1 heteroatoms. The average molecular weight is 182 g/mol. The molecule has 0 atom stereocenters. The van der Waals surface area contributed by atoms with E-state index in [2.05, 4.69) is 27.7 Å². The maximum absolute atomic E-state index is 11.7. The first-order chi connectivity index (χ1) is 6.12. The lowest BCUT2D eigenvalue weighted by atomic mass is 9.44. The van der Waals surface area contributed by atoms with Gasteiger partial charge in [-0.05, 0) is 31.1 Å². The van der Waals surface area contributed by atoms with Crippen LogP contribution in [0.1, 0.15) is 59.8 Å². The van der Waals surface area contributed by atoms with E-state index in [1.54, 1.807) is 0 Å². The molecule has 1 nitrogen and oxygen atoms in total. The van der Waals surface area contributed by atoms with Crippen molar-refractivity contribution in [2.45, 2.75) is 59.8 Å². The van der Waals surface area contributed by atoms with Crippen molar-refractivity contribution in [3.8, 4) is 0 Å². The number of ketones is 1. The Kier molecular flexibility index (Phi) is 2.84. The van der Waals surface area contributed by atoms with E-state index in [1.165, 1.54) is 0 Å². The summed E-state index contributed by atoms with van der Waals surface area (Å²) in [6.07, 6.45) is 5.23. The van der Waals surface area contributed by atoms with Crippen molar-refractivity contribution in [1.82, 2.24) is 0 Å². The van der Waals surface area contributed by atoms with Crippen LogP contribution < -0.4 is 0 Å². The Morgan fingerprint density at radius 3 is 1.62 bits per heavy atom. The number of hydrogen-bond acceptors (Lipinski definition) is 1. The molecule has 0 unspecified atom stereocenters. The fourth-order valence-electron chi connectivity index (χ4n) is 3.41. The highest BCUT2D eigenvalue weighted by Crippen LogP contribution is 2.61. The molecule has 0 aromatic heterocycles. The van der Waals surface area contributed by atoms with E-state index in [9.17, 15) is 4.79 Å². The van der Waals surface area contributed by atoms with E-state index in [1.807, 2.05) is 0 Å². The quantitative estimate of drug-likeness (QED) is 0.649. The summed E-state index contributed by atoms with van der Waals surface area (Å²) in [6, 6.07) is 0. The molecule has 0 bridgehead atoms. The highest BCUT2D eigenvalue weighted by molar-refractivity contribution is 5.92. The molecule has 0 aliphatic heterocycles. The number of hydrogen-bond donors (Lipinski definition) is 0. The summed E-state index contributed by atoms with van der Waals surface area (Å²) in [5, 5.41) is 0. The van der Waals surface area contributed by atoms with Crippen LogP contribution in [0, 0.1) is 10.8 Å². The lowest BCUT2D eigenvalue weighted by Crippen LogP contribution is -2.58. The van der Waals surface area contributed by atoms with Gasteiger partial charge in [-0.3, -0.25) is 4.79 Å². The van der Waals surface area contributed by atoms with Crippen molar-refractivity contribution in [2.24, 2.45) is 10.8 Å². The van der Waals surface area contributed by atoms with E-state index in [-0.39, 0.29) is 5.41 Å². The molecule has 13 heavy (non-hydrogen) atoms. The van der Waals surface area contributed by atoms with Gasteiger partial charge in [0, 0.05) is 11.8 Å². The molecule has 0 spiro atoms. The van der Waals surface area contributed by atoms with E-state index in [0.717, 1.165) is 32.1 Å². The van der Waals surface area contributed by atoms with Crippen molar-refractivity contribution in [3.63, 3.8) is 0 Å². The normalized spacial score (nSPS) is 24.2. The Morgan fingerprint density at radius 2 is 1.46 bits per heavy atom.